The van der Waals surface area contributed by atoms with E-state index in [1.165, 1.54) is 30.5 Å². The highest BCUT2D eigenvalue weighted by molar-refractivity contribution is 6.06. The second-order valence-electron chi connectivity index (χ2n) is 6.31. The van der Waals surface area contributed by atoms with E-state index in [0.29, 0.717) is 5.69 Å². The molecule has 0 fully saturated rings. The number of hydrogen-bond acceptors (Lipinski definition) is 7. The zero-order chi connectivity index (χ0) is 20.4. The third-order valence-corrected chi connectivity index (χ3v) is 2.89. The van der Waals surface area contributed by atoms with Crippen molar-refractivity contribution >= 4 is 23.4 Å². The van der Waals surface area contributed by atoms with E-state index in [-0.39, 0.29) is 24.4 Å². The monoisotopic (exact) mass is 375 g/mol. The van der Waals surface area contributed by atoms with Crippen molar-refractivity contribution in [3.63, 3.8) is 0 Å². The van der Waals surface area contributed by atoms with Crippen molar-refractivity contribution in [1.82, 2.24) is 10.6 Å². The molecule has 10 nitrogen and oxygen atoms in total. The Hall–Kier alpha value is -3.61. The summed E-state index contributed by atoms with van der Waals surface area (Å²) in [5, 5.41) is 27.4. The summed E-state index contributed by atoms with van der Waals surface area (Å²) in [6.45, 7) is 5.74. The summed E-state index contributed by atoms with van der Waals surface area (Å²) < 4.78 is 5.06. The molecular weight excluding hydrogens is 354 g/mol. The molecule has 1 aromatic carbocycles. The van der Waals surface area contributed by atoms with Crippen LogP contribution >= 0.6 is 0 Å². The molecular formula is C17H21N5O5. The molecule has 144 valence electrons. The maximum absolute atomic E-state index is 12.0. The molecule has 0 atom stereocenters. The van der Waals surface area contributed by atoms with Gasteiger partial charge in [0.2, 0.25) is 0 Å². The number of nitro benzene ring substituents is 1. The van der Waals surface area contributed by atoms with Crippen LogP contribution in [-0.4, -0.2) is 35.6 Å². The predicted molar refractivity (Wildman–Crippen MR) is 97.7 cm³/mol. The lowest BCUT2D eigenvalue weighted by atomic mass is 10.2. The van der Waals surface area contributed by atoms with Gasteiger partial charge in [0, 0.05) is 37.1 Å². The van der Waals surface area contributed by atoms with Gasteiger partial charge in [-0.25, -0.2) is 4.79 Å². The molecule has 1 aromatic rings. The van der Waals surface area contributed by atoms with Gasteiger partial charge in [-0.15, -0.1) is 0 Å². The van der Waals surface area contributed by atoms with Gasteiger partial charge in [0.05, 0.1) is 4.92 Å². The van der Waals surface area contributed by atoms with Gasteiger partial charge in [0.15, 0.2) is 0 Å². The average molecular weight is 375 g/mol. The molecule has 0 bridgehead atoms. The zero-order valence-corrected chi connectivity index (χ0v) is 15.2. The molecule has 0 spiro atoms. The van der Waals surface area contributed by atoms with E-state index in [2.05, 4.69) is 16.0 Å². The molecule has 0 saturated heterocycles. The standard InChI is InChI=1S/C17H21N5O5/c1-17(2,3)27-16(24)20-9-8-19-11-12(10-18)15(23)21-13-4-6-14(7-5-13)22(25)26/h4-7,11,19H,8-9H2,1-3H3,(H,20,24)(H,21,23)/b12-11-. The number of benzene rings is 1. The van der Waals surface area contributed by atoms with Gasteiger partial charge < -0.3 is 20.7 Å². The zero-order valence-electron chi connectivity index (χ0n) is 15.2. The van der Waals surface area contributed by atoms with Gasteiger partial charge in [-0.3, -0.25) is 14.9 Å². The van der Waals surface area contributed by atoms with Crippen molar-refractivity contribution in [2.24, 2.45) is 0 Å². The molecule has 0 aliphatic carbocycles. The highest BCUT2D eigenvalue weighted by Crippen LogP contribution is 2.15. The second kappa shape index (κ2) is 9.76. The van der Waals surface area contributed by atoms with Gasteiger partial charge in [0.1, 0.15) is 17.2 Å². The summed E-state index contributed by atoms with van der Waals surface area (Å²) in [4.78, 5) is 33.5. The Morgan fingerprint density at radius 1 is 1.26 bits per heavy atom. The van der Waals surface area contributed by atoms with Crippen molar-refractivity contribution < 1.29 is 19.2 Å². The molecule has 2 amide bonds. The molecule has 0 aliphatic heterocycles. The Morgan fingerprint density at radius 2 is 1.89 bits per heavy atom. The fraction of sp³-hybridized carbons (Fsp3) is 0.353. The molecule has 3 N–H and O–H groups in total. The first-order valence-electron chi connectivity index (χ1n) is 7.98. The summed E-state index contributed by atoms with van der Waals surface area (Å²) in [6, 6.07) is 6.96. The third-order valence-electron chi connectivity index (χ3n) is 2.89. The van der Waals surface area contributed by atoms with E-state index in [9.17, 15) is 19.7 Å². The first-order chi connectivity index (χ1) is 12.6. The minimum atomic E-state index is -0.668. The Morgan fingerprint density at radius 3 is 2.41 bits per heavy atom. The van der Waals surface area contributed by atoms with E-state index in [1.807, 2.05) is 0 Å². The van der Waals surface area contributed by atoms with Crippen LogP contribution in [0.15, 0.2) is 36.0 Å². The minimum Gasteiger partial charge on any atom is -0.444 e. The largest absolute Gasteiger partial charge is 0.444 e. The number of carbonyl (C=O) groups excluding carboxylic acids is 2. The van der Waals surface area contributed by atoms with Crippen LogP contribution in [0.25, 0.3) is 0 Å². The lowest BCUT2D eigenvalue weighted by molar-refractivity contribution is -0.384. The summed E-state index contributed by atoms with van der Waals surface area (Å²) in [7, 11) is 0. The highest BCUT2D eigenvalue weighted by atomic mass is 16.6. The number of ether oxygens (including phenoxy) is 1. The number of alkyl carbamates (subject to hydrolysis) is 1. The molecule has 0 aromatic heterocycles. The Balaban J connectivity index is 2.47. The predicted octanol–water partition coefficient (Wildman–Crippen LogP) is 2.06. The summed E-state index contributed by atoms with van der Waals surface area (Å²) in [6.07, 6.45) is 0.655. The molecule has 0 heterocycles. The second-order valence-corrected chi connectivity index (χ2v) is 6.31. The van der Waals surface area contributed by atoms with Crippen molar-refractivity contribution in [3.8, 4) is 6.07 Å². The number of hydrogen-bond donors (Lipinski definition) is 3. The average Bonchev–Trinajstić information content (AvgIpc) is 2.56. The Labute approximate surface area is 156 Å². The molecule has 0 aliphatic rings. The normalized spacial score (nSPS) is 11.1. The van der Waals surface area contributed by atoms with Crippen molar-refractivity contribution in [1.29, 1.82) is 5.26 Å². The van der Waals surface area contributed by atoms with Crippen molar-refractivity contribution in [2.45, 2.75) is 26.4 Å². The van der Waals surface area contributed by atoms with E-state index in [1.54, 1.807) is 26.8 Å². The number of nitriles is 1. The van der Waals surface area contributed by atoms with Gasteiger partial charge >= 0.3 is 6.09 Å². The van der Waals surface area contributed by atoms with E-state index in [0.717, 1.165) is 0 Å². The number of nitrogens with one attached hydrogen (secondary N) is 3. The quantitative estimate of drug-likeness (QED) is 0.217. The van der Waals surface area contributed by atoms with Crippen LogP contribution in [0.5, 0.6) is 0 Å². The number of anilines is 1. The van der Waals surface area contributed by atoms with E-state index in [4.69, 9.17) is 10.00 Å². The maximum atomic E-state index is 12.0. The molecule has 10 heteroatoms. The Bertz CT molecular complexity index is 759. The number of nitro groups is 1. The molecule has 0 unspecified atom stereocenters. The van der Waals surface area contributed by atoms with Crippen LogP contribution in [0.3, 0.4) is 0 Å². The first-order valence-corrected chi connectivity index (χ1v) is 7.98. The third kappa shape index (κ3) is 8.35. The number of amides is 2. The topological polar surface area (TPSA) is 146 Å². The lowest BCUT2D eigenvalue weighted by Gasteiger charge is -2.19. The molecule has 0 saturated carbocycles. The molecule has 1 rings (SSSR count). The van der Waals surface area contributed by atoms with Crippen LogP contribution in [0, 0.1) is 21.4 Å². The minimum absolute atomic E-state index is 0.108. The lowest BCUT2D eigenvalue weighted by Crippen LogP contribution is -2.35. The number of non-ortho nitro benzene ring substituents is 1. The Kier molecular flexibility index (Phi) is 7.75. The van der Waals surface area contributed by atoms with Crippen LogP contribution in [-0.2, 0) is 9.53 Å². The first kappa shape index (κ1) is 21.4. The maximum Gasteiger partial charge on any atom is 0.407 e. The summed E-state index contributed by atoms with van der Waals surface area (Å²) in [5.41, 5.74) is -0.575. The van der Waals surface area contributed by atoms with Crippen LogP contribution in [0.1, 0.15) is 20.8 Å². The van der Waals surface area contributed by atoms with Gasteiger partial charge in [0.25, 0.3) is 11.6 Å². The molecule has 0 radical (unpaired) electrons. The van der Waals surface area contributed by atoms with Crippen LogP contribution in [0.2, 0.25) is 0 Å². The van der Waals surface area contributed by atoms with Gasteiger partial charge in [-0.2, -0.15) is 5.26 Å². The summed E-state index contributed by atoms with van der Waals surface area (Å²) >= 11 is 0. The highest BCUT2D eigenvalue weighted by Gasteiger charge is 2.15. The van der Waals surface area contributed by atoms with Crippen LogP contribution in [0.4, 0.5) is 16.2 Å². The van der Waals surface area contributed by atoms with Gasteiger partial charge in [-0.05, 0) is 32.9 Å². The van der Waals surface area contributed by atoms with Gasteiger partial charge in [-0.1, -0.05) is 0 Å². The van der Waals surface area contributed by atoms with E-state index >= 15 is 0 Å². The molecule has 27 heavy (non-hydrogen) atoms. The number of carbonyl (C=O) groups is 2. The number of rotatable bonds is 7. The smallest absolute Gasteiger partial charge is 0.407 e. The fourth-order valence-corrected chi connectivity index (χ4v) is 1.74. The summed E-state index contributed by atoms with van der Waals surface area (Å²) in [5.74, 6) is -0.668. The van der Waals surface area contributed by atoms with Crippen molar-refractivity contribution in [3.05, 3.63) is 46.2 Å². The number of nitrogens with zero attached hydrogens (tertiary/aromatic N) is 2. The van der Waals surface area contributed by atoms with Crippen molar-refractivity contribution in [2.75, 3.05) is 18.4 Å². The van der Waals surface area contributed by atoms with E-state index < -0.39 is 22.5 Å². The fourth-order valence-electron chi connectivity index (χ4n) is 1.74. The van der Waals surface area contributed by atoms with Crippen LogP contribution < -0.4 is 16.0 Å². The SMILES string of the molecule is CC(C)(C)OC(=O)NCCN/C=C(/C#N)C(=O)Nc1ccc([N+](=O)[O-])cc1.